The number of hydrogen-bond donors (Lipinski definition) is 1. The number of rotatable bonds is 8. The summed E-state index contributed by atoms with van der Waals surface area (Å²) >= 11 is 5.34. The Kier molecular flexibility index (Phi) is 8.08. The lowest BCUT2D eigenvalue weighted by molar-refractivity contribution is -0.151. The van der Waals surface area contributed by atoms with Crippen LogP contribution in [0.15, 0.2) is 0 Å². The zero-order chi connectivity index (χ0) is 16.8. The maximum Gasteiger partial charge on any atom is 0.326 e. The van der Waals surface area contributed by atoms with Crippen molar-refractivity contribution in [3.05, 3.63) is 0 Å². The molecule has 0 aliphatic carbocycles. The number of nitrogens with zero attached hydrogens (tertiary/aromatic N) is 1. The quantitative estimate of drug-likeness (QED) is 0.696. The first-order chi connectivity index (χ1) is 9.45. The molecule has 0 bridgehead atoms. The van der Waals surface area contributed by atoms with Crippen LogP contribution in [0.25, 0.3) is 0 Å². The molecule has 5 heteroatoms. The molecule has 1 atom stereocenters. The topological polar surface area (TPSA) is 57.6 Å². The number of likely N-dealkylation sites (N-methyl/N-ethyl adjacent to an activating group) is 1. The van der Waals surface area contributed by atoms with Gasteiger partial charge in [0.25, 0.3) is 0 Å². The van der Waals surface area contributed by atoms with Gasteiger partial charge in [0.1, 0.15) is 6.04 Å². The molecule has 0 aromatic carbocycles. The van der Waals surface area contributed by atoms with Crippen LogP contribution < -0.4 is 0 Å². The highest BCUT2D eigenvalue weighted by Gasteiger charge is 2.29. The first-order valence-corrected chi connectivity index (χ1v) is 7.86. The Bertz CT molecular complexity index is 385. The van der Waals surface area contributed by atoms with Crippen LogP contribution in [0.1, 0.15) is 60.3 Å². The zero-order valence-electron chi connectivity index (χ0n) is 14.1. The van der Waals surface area contributed by atoms with Crippen molar-refractivity contribution in [3.8, 4) is 0 Å². The summed E-state index contributed by atoms with van der Waals surface area (Å²) < 4.78 is 0. The molecular weight excluding hydrogens is 286 g/mol. The Morgan fingerprint density at radius 2 is 1.71 bits per heavy atom. The summed E-state index contributed by atoms with van der Waals surface area (Å²) in [6, 6.07) is -0.765. The lowest BCUT2D eigenvalue weighted by Crippen LogP contribution is -2.45. The molecule has 0 saturated carbocycles. The number of aliphatic carboxylic acids is 1. The fourth-order valence-corrected chi connectivity index (χ4v) is 2.92. The molecule has 0 heterocycles. The summed E-state index contributed by atoms with van der Waals surface area (Å²) in [5, 5.41) is 9.19. The molecule has 0 radical (unpaired) electrons. The second-order valence-electron chi connectivity index (χ2n) is 7.16. The largest absolute Gasteiger partial charge is 0.480 e. The van der Waals surface area contributed by atoms with Crippen molar-refractivity contribution in [1.29, 1.82) is 0 Å². The van der Waals surface area contributed by atoms with Crippen LogP contribution in [-0.4, -0.2) is 39.8 Å². The van der Waals surface area contributed by atoms with Crippen molar-refractivity contribution < 1.29 is 14.7 Å². The van der Waals surface area contributed by atoms with E-state index in [1.54, 1.807) is 20.9 Å². The van der Waals surface area contributed by atoms with E-state index in [4.69, 9.17) is 12.2 Å². The molecule has 0 unspecified atom stereocenters. The van der Waals surface area contributed by atoms with Crippen LogP contribution >= 0.6 is 12.2 Å². The maximum atomic E-state index is 12.1. The minimum atomic E-state index is -0.955. The fourth-order valence-electron chi connectivity index (χ4n) is 2.35. The third-order valence-electron chi connectivity index (χ3n) is 3.27. The number of carboxylic acids is 1. The van der Waals surface area contributed by atoms with Crippen LogP contribution in [0.5, 0.6) is 0 Å². The number of carbonyl (C=O) groups excluding carboxylic acids is 1. The van der Waals surface area contributed by atoms with Gasteiger partial charge in [-0.25, -0.2) is 4.79 Å². The van der Waals surface area contributed by atoms with Gasteiger partial charge in [0.05, 0.1) is 0 Å². The highest BCUT2D eigenvalue weighted by atomic mass is 32.1. The highest BCUT2D eigenvalue weighted by molar-refractivity contribution is 7.80. The summed E-state index contributed by atoms with van der Waals surface area (Å²) in [7, 11) is 1.56. The first-order valence-electron chi connectivity index (χ1n) is 7.46. The summed E-state index contributed by atoms with van der Waals surface area (Å²) in [5.41, 5.74) is 0.171. The van der Waals surface area contributed by atoms with Gasteiger partial charge in [-0.15, -0.1) is 0 Å². The van der Waals surface area contributed by atoms with Gasteiger partial charge in [0.2, 0.25) is 5.91 Å². The van der Waals surface area contributed by atoms with Crippen molar-refractivity contribution in [1.82, 2.24) is 4.90 Å². The molecule has 0 aliphatic rings. The minimum Gasteiger partial charge on any atom is -0.480 e. The average molecular weight is 315 g/mol. The van der Waals surface area contributed by atoms with E-state index in [0.29, 0.717) is 12.8 Å². The van der Waals surface area contributed by atoms with Crippen molar-refractivity contribution in [2.75, 3.05) is 7.05 Å². The Balaban J connectivity index is 4.32. The smallest absolute Gasteiger partial charge is 0.326 e. The third-order valence-corrected chi connectivity index (χ3v) is 3.62. The highest BCUT2D eigenvalue weighted by Crippen LogP contribution is 2.21. The molecule has 0 spiro atoms. The predicted octanol–water partition coefficient (Wildman–Crippen LogP) is 3.53. The molecule has 0 aliphatic heterocycles. The van der Waals surface area contributed by atoms with E-state index < -0.39 is 12.0 Å². The van der Waals surface area contributed by atoms with Crippen LogP contribution in [0.3, 0.4) is 0 Å². The van der Waals surface area contributed by atoms with Gasteiger partial charge < -0.3 is 10.0 Å². The van der Waals surface area contributed by atoms with Gasteiger partial charge in [0, 0.05) is 13.5 Å². The van der Waals surface area contributed by atoms with E-state index in [0.717, 1.165) is 17.7 Å². The fraction of sp³-hybridized carbons (Fsp3) is 0.812. The third kappa shape index (κ3) is 8.15. The summed E-state index contributed by atoms with van der Waals surface area (Å²) in [6.07, 6.45) is 2.64. The van der Waals surface area contributed by atoms with E-state index in [1.807, 2.05) is 0 Å². The molecule has 0 aromatic heterocycles. The number of hydrogen-bond acceptors (Lipinski definition) is 3. The van der Waals surface area contributed by atoms with Gasteiger partial charge >= 0.3 is 5.97 Å². The second-order valence-corrected chi connectivity index (χ2v) is 7.74. The Labute approximate surface area is 133 Å². The van der Waals surface area contributed by atoms with Crippen LogP contribution in [0.4, 0.5) is 0 Å². The predicted molar refractivity (Wildman–Crippen MR) is 89.6 cm³/mol. The van der Waals surface area contributed by atoms with E-state index in [1.165, 1.54) is 4.90 Å². The van der Waals surface area contributed by atoms with Gasteiger partial charge in [0.15, 0.2) is 0 Å². The molecule has 0 saturated heterocycles. The van der Waals surface area contributed by atoms with E-state index in [2.05, 4.69) is 20.8 Å². The Hall–Kier alpha value is -0.970. The van der Waals surface area contributed by atoms with Crippen LogP contribution in [0.2, 0.25) is 0 Å². The normalized spacial score (nSPS) is 13.1. The SMILES string of the molecule is CC(C)[C@@H](C(=O)O)N(C)C(=O)CCCC(=S)CC(C)(C)C. The van der Waals surface area contributed by atoms with Crippen molar-refractivity contribution >= 4 is 29.0 Å². The summed E-state index contributed by atoms with van der Waals surface area (Å²) in [4.78, 5) is 25.6. The lowest BCUT2D eigenvalue weighted by Gasteiger charge is -2.27. The molecule has 0 fully saturated rings. The molecule has 21 heavy (non-hydrogen) atoms. The monoisotopic (exact) mass is 315 g/mol. The molecule has 1 amide bonds. The zero-order valence-corrected chi connectivity index (χ0v) is 14.9. The standard InChI is InChI=1S/C16H29NO3S/c1-11(2)14(15(19)20)17(6)13(18)9-7-8-12(21)10-16(3,4)5/h11,14H,7-10H2,1-6H3,(H,19,20)/t14-/m0/s1. The molecule has 1 N–H and O–H groups in total. The van der Waals surface area contributed by atoms with Crippen molar-refractivity contribution in [3.63, 3.8) is 0 Å². The Morgan fingerprint density at radius 1 is 1.19 bits per heavy atom. The van der Waals surface area contributed by atoms with Gasteiger partial charge in [-0.05, 0) is 35.5 Å². The van der Waals surface area contributed by atoms with E-state index in [9.17, 15) is 14.7 Å². The number of carbonyl (C=O) groups is 2. The Morgan fingerprint density at radius 3 is 2.10 bits per heavy atom. The second kappa shape index (κ2) is 8.47. The minimum absolute atomic E-state index is 0.113. The number of thiocarbonyl (C=S) groups is 1. The van der Waals surface area contributed by atoms with Gasteiger partial charge in [-0.1, -0.05) is 46.8 Å². The molecule has 0 aromatic rings. The molecule has 4 nitrogen and oxygen atoms in total. The molecule has 122 valence electrons. The van der Waals surface area contributed by atoms with Crippen molar-refractivity contribution in [2.24, 2.45) is 11.3 Å². The maximum absolute atomic E-state index is 12.1. The van der Waals surface area contributed by atoms with Crippen molar-refractivity contribution in [2.45, 2.75) is 66.3 Å². The van der Waals surface area contributed by atoms with Crippen LogP contribution in [-0.2, 0) is 9.59 Å². The van der Waals surface area contributed by atoms with E-state index in [-0.39, 0.29) is 17.2 Å². The molecule has 0 rings (SSSR count). The summed E-state index contributed by atoms with van der Waals surface area (Å²) in [6.45, 7) is 10.0. The molecular formula is C16H29NO3S. The van der Waals surface area contributed by atoms with Crippen LogP contribution in [0, 0.1) is 11.3 Å². The van der Waals surface area contributed by atoms with Gasteiger partial charge in [-0.3, -0.25) is 4.79 Å². The average Bonchev–Trinajstić information content (AvgIpc) is 2.24. The lowest BCUT2D eigenvalue weighted by atomic mass is 9.89. The number of amides is 1. The number of carboxylic acid groups (broad SMARTS) is 1. The van der Waals surface area contributed by atoms with E-state index >= 15 is 0 Å². The van der Waals surface area contributed by atoms with Gasteiger partial charge in [-0.2, -0.15) is 0 Å². The first kappa shape index (κ1) is 20.0. The summed E-state index contributed by atoms with van der Waals surface area (Å²) in [5.74, 6) is -1.20.